The SMILES string of the molecule is [2H]C([2H])([2H])c1cnc(-c2cccc3c2oc2cc([N+]#[C-])ccc23)cc1-c1ccc(CC(C)(C)C)cc1C([2H])([2H])[2H]. The van der Waals surface area contributed by atoms with Crippen molar-refractivity contribution >= 4 is 27.6 Å². The van der Waals surface area contributed by atoms with Gasteiger partial charge < -0.3 is 4.42 Å². The van der Waals surface area contributed by atoms with Crippen LogP contribution in [0.15, 0.2) is 71.3 Å². The predicted molar refractivity (Wildman–Crippen MR) is 141 cm³/mol. The molecule has 0 aliphatic carbocycles. The molecule has 0 saturated carbocycles. The van der Waals surface area contributed by atoms with E-state index < -0.39 is 13.7 Å². The number of nitrogens with zero attached hydrogens (tertiary/aromatic N) is 2. The van der Waals surface area contributed by atoms with Gasteiger partial charge in [-0.1, -0.05) is 63.2 Å². The standard InChI is InChI=1S/C31H28N2O/c1-19-14-21(17-31(3,4)5)10-12-23(19)27-16-28(33-18-20(27)2)26-9-7-8-25-24-13-11-22(32-6)15-29(24)34-30(25)26/h7-16,18H,17H2,1-5H3/i1D3,2D3. The summed E-state index contributed by atoms with van der Waals surface area (Å²) in [5, 5.41) is 1.68. The van der Waals surface area contributed by atoms with E-state index in [4.69, 9.17) is 19.2 Å². The molecule has 168 valence electrons. The Balaban J connectivity index is 1.76. The van der Waals surface area contributed by atoms with Gasteiger partial charge in [0.15, 0.2) is 5.69 Å². The molecule has 0 aliphatic rings. The van der Waals surface area contributed by atoms with Gasteiger partial charge in [0.2, 0.25) is 0 Å². The summed E-state index contributed by atoms with van der Waals surface area (Å²) in [6, 6.07) is 17.8. The molecule has 34 heavy (non-hydrogen) atoms. The van der Waals surface area contributed by atoms with Crippen LogP contribution in [0.1, 0.15) is 45.7 Å². The van der Waals surface area contributed by atoms with Crippen LogP contribution in [-0.2, 0) is 6.42 Å². The molecule has 0 aliphatic heterocycles. The van der Waals surface area contributed by atoms with E-state index in [0.29, 0.717) is 45.7 Å². The van der Waals surface area contributed by atoms with Crippen molar-refractivity contribution in [3.63, 3.8) is 0 Å². The summed E-state index contributed by atoms with van der Waals surface area (Å²) in [5.74, 6) is 0. The Morgan fingerprint density at radius 3 is 2.53 bits per heavy atom. The smallest absolute Gasteiger partial charge is 0.190 e. The van der Waals surface area contributed by atoms with Crippen molar-refractivity contribution in [2.24, 2.45) is 5.41 Å². The van der Waals surface area contributed by atoms with Gasteiger partial charge in [-0.3, -0.25) is 4.98 Å². The first-order valence-corrected chi connectivity index (χ1v) is 11.1. The molecule has 0 radical (unpaired) electrons. The minimum Gasteiger partial charge on any atom is -0.457 e. The molecule has 0 saturated heterocycles. The highest BCUT2D eigenvalue weighted by atomic mass is 16.3. The number of fused-ring (bicyclic) bond motifs is 3. The first-order chi connectivity index (χ1) is 18.7. The van der Waals surface area contributed by atoms with E-state index in [2.05, 4.69) is 30.6 Å². The van der Waals surface area contributed by atoms with Crippen LogP contribution >= 0.6 is 0 Å². The Hall–Kier alpha value is -3.90. The minimum atomic E-state index is -2.52. The summed E-state index contributed by atoms with van der Waals surface area (Å²) in [6.07, 6.45) is 1.98. The van der Waals surface area contributed by atoms with E-state index in [1.165, 1.54) is 6.20 Å². The molecule has 0 N–H and O–H groups in total. The summed E-state index contributed by atoms with van der Waals surface area (Å²) in [6.45, 7) is 8.58. The number of hydrogen-bond acceptors (Lipinski definition) is 2. The molecule has 0 bridgehead atoms. The Kier molecular flexibility index (Phi) is 3.80. The first-order valence-electron chi connectivity index (χ1n) is 14.1. The molecule has 3 heteroatoms. The topological polar surface area (TPSA) is 30.4 Å². The molecule has 3 aromatic carbocycles. The lowest BCUT2D eigenvalue weighted by Crippen LogP contribution is -2.09. The van der Waals surface area contributed by atoms with Crippen molar-refractivity contribution < 1.29 is 12.6 Å². The lowest BCUT2D eigenvalue weighted by molar-refractivity contribution is 0.411. The van der Waals surface area contributed by atoms with Crippen LogP contribution in [0.3, 0.4) is 0 Å². The van der Waals surface area contributed by atoms with E-state index in [1.54, 1.807) is 30.3 Å². The van der Waals surface area contributed by atoms with Crippen molar-refractivity contribution in [1.82, 2.24) is 4.98 Å². The van der Waals surface area contributed by atoms with Crippen molar-refractivity contribution in [2.45, 2.75) is 40.9 Å². The third-order valence-electron chi connectivity index (χ3n) is 5.90. The molecule has 5 aromatic rings. The monoisotopic (exact) mass is 450 g/mol. The molecule has 0 fully saturated rings. The summed E-state index contributed by atoms with van der Waals surface area (Å²) in [4.78, 5) is 7.99. The molecule has 5 rings (SSSR count). The van der Waals surface area contributed by atoms with Gasteiger partial charge in [-0.25, -0.2) is 4.85 Å². The van der Waals surface area contributed by atoms with Crippen molar-refractivity contribution in [2.75, 3.05) is 0 Å². The van der Waals surface area contributed by atoms with Crippen LogP contribution in [0, 0.1) is 25.7 Å². The largest absolute Gasteiger partial charge is 0.457 e. The molecular weight excluding hydrogens is 416 g/mol. The fourth-order valence-corrected chi connectivity index (χ4v) is 4.43. The second-order valence-corrected chi connectivity index (χ2v) is 9.81. The van der Waals surface area contributed by atoms with E-state index in [0.717, 1.165) is 16.3 Å². The molecule has 0 atom stereocenters. The van der Waals surface area contributed by atoms with Crippen LogP contribution in [-0.4, -0.2) is 4.98 Å². The van der Waals surface area contributed by atoms with Crippen molar-refractivity contribution in [3.8, 4) is 22.4 Å². The van der Waals surface area contributed by atoms with Gasteiger partial charge in [0.1, 0.15) is 11.2 Å². The maximum Gasteiger partial charge on any atom is 0.190 e. The van der Waals surface area contributed by atoms with E-state index in [9.17, 15) is 0 Å². The molecule has 2 heterocycles. The third-order valence-corrected chi connectivity index (χ3v) is 5.90. The molecule has 0 spiro atoms. The van der Waals surface area contributed by atoms with Crippen LogP contribution in [0.25, 0.3) is 49.2 Å². The third kappa shape index (κ3) is 3.97. The Labute approximate surface area is 209 Å². The second-order valence-electron chi connectivity index (χ2n) is 9.81. The molecule has 3 nitrogen and oxygen atoms in total. The maximum absolute atomic E-state index is 8.28. The van der Waals surface area contributed by atoms with Crippen LogP contribution in [0.2, 0.25) is 0 Å². The summed E-state index contributed by atoms with van der Waals surface area (Å²) < 4.78 is 55.5. The Morgan fingerprint density at radius 1 is 0.912 bits per heavy atom. The Bertz CT molecular complexity index is 1800. The summed E-state index contributed by atoms with van der Waals surface area (Å²) in [7, 11) is 0. The lowest BCUT2D eigenvalue weighted by Gasteiger charge is -2.19. The highest BCUT2D eigenvalue weighted by molar-refractivity contribution is 6.10. The van der Waals surface area contributed by atoms with Gasteiger partial charge in [-0.15, -0.1) is 0 Å². The van der Waals surface area contributed by atoms with Crippen LogP contribution < -0.4 is 0 Å². The number of para-hydroxylation sites is 1. The van der Waals surface area contributed by atoms with E-state index in [-0.39, 0.29) is 16.5 Å². The highest BCUT2D eigenvalue weighted by Crippen LogP contribution is 2.38. The number of pyridine rings is 1. The average molecular weight is 451 g/mol. The molecule has 2 aromatic heterocycles. The minimum absolute atomic E-state index is 0.0243. The predicted octanol–water partition coefficient (Wildman–Crippen LogP) is 9.07. The van der Waals surface area contributed by atoms with E-state index in [1.807, 2.05) is 30.3 Å². The summed E-state index contributed by atoms with van der Waals surface area (Å²) in [5.41, 5.74) is 4.19. The zero-order valence-corrected chi connectivity index (χ0v) is 19.4. The Morgan fingerprint density at radius 2 is 1.76 bits per heavy atom. The summed E-state index contributed by atoms with van der Waals surface area (Å²) >= 11 is 0. The quantitative estimate of drug-likeness (QED) is 0.257. The van der Waals surface area contributed by atoms with Gasteiger partial charge in [-0.05, 0) is 71.6 Å². The van der Waals surface area contributed by atoms with Gasteiger partial charge in [-0.2, -0.15) is 0 Å². The number of benzene rings is 3. The number of rotatable bonds is 3. The lowest BCUT2D eigenvalue weighted by atomic mass is 9.86. The zero-order chi connectivity index (χ0) is 29.0. The van der Waals surface area contributed by atoms with Crippen molar-refractivity contribution in [3.05, 3.63) is 95.0 Å². The first kappa shape index (κ1) is 15.9. The fraction of sp³-hybridized carbons (Fsp3) is 0.226. The second kappa shape index (κ2) is 8.15. The van der Waals surface area contributed by atoms with Gasteiger partial charge in [0, 0.05) is 30.8 Å². The number of aryl methyl sites for hydroxylation is 2. The number of aromatic nitrogens is 1. The van der Waals surface area contributed by atoms with Crippen LogP contribution in [0.5, 0.6) is 0 Å². The average Bonchev–Trinajstić information content (AvgIpc) is 3.24. The fourth-order valence-electron chi connectivity index (χ4n) is 4.43. The van der Waals surface area contributed by atoms with Crippen LogP contribution in [0.4, 0.5) is 5.69 Å². The van der Waals surface area contributed by atoms with Gasteiger partial charge >= 0.3 is 0 Å². The number of furan rings is 1. The van der Waals surface area contributed by atoms with Gasteiger partial charge in [0.05, 0.1) is 12.3 Å². The molecule has 0 unspecified atom stereocenters. The molecule has 0 amide bonds. The van der Waals surface area contributed by atoms with E-state index >= 15 is 0 Å². The zero-order valence-electron chi connectivity index (χ0n) is 25.4. The van der Waals surface area contributed by atoms with Crippen molar-refractivity contribution in [1.29, 1.82) is 0 Å². The van der Waals surface area contributed by atoms with Gasteiger partial charge in [0.25, 0.3) is 0 Å². The number of hydrogen-bond donors (Lipinski definition) is 0. The highest BCUT2D eigenvalue weighted by Gasteiger charge is 2.16. The maximum atomic E-state index is 8.28. The normalized spacial score (nSPS) is 15.1. The molecular formula is C31H28N2O.